The molecule has 0 aliphatic carbocycles. The Bertz CT molecular complexity index is 226. The smallest absolute Gasteiger partial charge is 0.0227 e. The van der Waals surface area contributed by atoms with E-state index in [0.717, 1.165) is 5.92 Å². The third kappa shape index (κ3) is 2.13. The van der Waals surface area contributed by atoms with E-state index in [0.29, 0.717) is 0 Å². The molecule has 0 saturated heterocycles. The zero-order chi connectivity index (χ0) is 9.14. The minimum atomic E-state index is 0.797. The van der Waals surface area contributed by atoms with Gasteiger partial charge >= 0.3 is 0 Å². The van der Waals surface area contributed by atoms with Gasteiger partial charge in [-0.1, -0.05) is 13.8 Å². The molecule has 0 atom stereocenters. The van der Waals surface area contributed by atoms with E-state index in [-0.39, 0.29) is 0 Å². The third-order valence-electron chi connectivity index (χ3n) is 2.35. The molecule has 0 N–H and O–H groups in total. The zero-order valence-electron chi connectivity index (χ0n) is 8.59. The second kappa shape index (κ2) is 3.79. The Labute approximate surface area is 75.4 Å². The maximum atomic E-state index is 2.39. The predicted octanol–water partition coefficient (Wildman–Crippen LogP) is 3.15. The normalized spacial score (nSPS) is 11.1. The van der Waals surface area contributed by atoms with Crippen molar-refractivity contribution in [1.82, 2.24) is 4.57 Å². The van der Waals surface area contributed by atoms with Crippen LogP contribution in [0.2, 0.25) is 0 Å². The second-order valence-corrected chi connectivity index (χ2v) is 3.95. The van der Waals surface area contributed by atoms with Gasteiger partial charge in [-0.3, -0.25) is 0 Å². The van der Waals surface area contributed by atoms with Gasteiger partial charge in [-0.05, 0) is 38.3 Å². The Balaban J connectivity index is 2.62. The molecule has 1 aromatic rings. The summed E-state index contributed by atoms with van der Waals surface area (Å²) in [5.41, 5.74) is 2.77. The van der Waals surface area contributed by atoms with E-state index in [9.17, 15) is 0 Å². The molecule has 0 aliphatic heterocycles. The fraction of sp³-hybridized carbons (Fsp3) is 0.636. The van der Waals surface area contributed by atoms with Gasteiger partial charge in [0.2, 0.25) is 0 Å². The van der Waals surface area contributed by atoms with Crippen LogP contribution in [0.25, 0.3) is 0 Å². The predicted molar refractivity (Wildman–Crippen MR) is 53.4 cm³/mol. The molecule has 1 rings (SSSR count). The molecule has 1 heteroatoms. The highest BCUT2D eigenvalue weighted by Gasteiger charge is 2.01. The highest BCUT2D eigenvalue weighted by atomic mass is 15.0. The highest BCUT2D eigenvalue weighted by molar-refractivity contribution is 5.13. The molecule has 0 unspecified atom stereocenters. The summed E-state index contributed by atoms with van der Waals surface area (Å²) < 4.78 is 2.39. The first-order valence-corrected chi connectivity index (χ1v) is 4.74. The van der Waals surface area contributed by atoms with Crippen LogP contribution in [-0.2, 0) is 6.54 Å². The zero-order valence-corrected chi connectivity index (χ0v) is 8.59. The summed E-state index contributed by atoms with van der Waals surface area (Å²) in [5.74, 6) is 0.797. The van der Waals surface area contributed by atoms with Gasteiger partial charge in [0.1, 0.15) is 0 Å². The summed E-state index contributed by atoms with van der Waals surface area (Å²) in [4.78, 5) is 0. The standard InChI is InChI=1S/C11H19N/c1-9(2)7-8-12-10(3)5-6-11(12)4/h5-6,9H,7-8H2,1-4H3. The molecule has 0 spiro atoms. The van der Waals surface area contributed by atoms with Crippen LogP contribution in [0.15, 0.2) is 12.1 Å². The van der Waals surface area contributed by atoms with Gasteiger partial charge in [-0.15, -0.1) is 0 Å². The van der Waals surface area contributed by atoms with Crippen LogP contribution in [-0.4, -0.2) is 4.57 Å². The fourth-order valence-corrected chi connectivity index (χ4v) is 1.44. The van der Waals surface area contributed by atoms with Crippen LogP contribution in [0, 0.1) is 19.8 Å². The van der Waals surface area contributed by atoms with Crippen LogP contribution in [0.5, 0.6) is 0 Å². The number of nitrogens with zero attached hydrogens (tertiary/aromatic N) is 1. The highest BCUT2D eigenvalue weighted by Crippen LogP contribution is 2.10. The van der Waals surface area contributed by atoms with E-state index < -0.39 is 0 Å². The minimum Gasteiger partial charge on any atom is -0.349 e. The average molecular weight is 165 g/mol. The number of hydrogen-bond donors (Lipinski definition) is 0. The molecule has 0 saturated carbocycles. The maximum Gasteiger partial charge on any atom is 0.0227 e. The Morgan fingerprint density at radius 2 is 1.67 bits per heavy atom. The summed E-state index contributed by atoms with van der Waals surface area (Å²) in [6.07, 6.45) is 1.27. The van der Waals surface area contributed by atoms with Crippen molar-refractivity contribution in [1.29, 1.82) is 0 Å². The van der Waals surface area contributed by atoms with Gasteiger partial charge in [-0.2, -0.15) is 0 Å². The molecule has 0 bridgehead atoms. The molecule has 0 fully saturated rings. The molecule has 0 aromatic carbocycles. The van der Waals surface area contributed by atoms with Gasteiger partial charge in [0.25, 0.3) is 0 Å². The number of rotatable bonds is 3. The van der Waals surface area contributed by atoms with Gasteiger partial charge in [0, 0.05) is 17.9 Å². The molecule has 12 heavy (non-hydrogen) atoms. The minimum absolute atomic E-state index is 0.797. The first kappa shape index (κ1) is 9.37. The Morgan fingerprint density at radius 3 is 2.08 bits per heavy atom. The summed E-state index contributed by atoms with van der Waals surface area (Å²) >= 11 is 0. The number of aryl methyl sites for hydroxylation is 2. The van der Waals surface area contributed by atoms with Crippen LogP contribution in [0.4, 0.5) is 0 Å². The monoisotopic (exact) mass is 165 g/mol. The molecular weight excluding hydrogens is 146 g/mol. The summed E-state index contributed by atoms with van der Waals surface area (Å²) in [5, 5.41) is 0. The van der Waals surface area contributed by atoms with E-state index in [4.69, 9.17) is 0 Å². The lowest BCUT2D eigenvalue weighted by molar-refractivity contribution is 0.507. The van der Waals surface area contributed by atoms with E-state index in [1.165, 1.54) is 24.4 Å². The Kier molecular flexibility index (Phi) is 2.96. The lowest BCUT2D eigenvalue weighted by atomic mass is 10.1. The van der Waals surface area contributed by atoms with Crippen LogP contribution < -0.4 is 0 Å². The second-order valence-electron chi connectivity index (χ2n) is 3.95. The van der Waals surface area contributed by atoms with Crippen molar-refractivity contribution < 1.29 is 0 Å². The largest absolute Gasteiger partial charge is 0.349 e. The lowest BCUT2D eigenvalue weighted by Crippen LogP contribution is -2.04. The maximum absolute atomic E-state index is 2.39. The van der Waals surface area contributed by atoms with E-state index in [2.05, 4.69) is 44.4 Å². The van der Waals surface area contributed by atoms with Gasteiger partial charge in [0.15, 0.2) is 0 Å². The van der Waals surface area contributed by atoms with E-state index in [1.54, 1.807) is 0 Å². The number of aromatic nitrogens is 1. The third-order valence-corrected chi connectivity index (χ3v) is 2.35. The summed E-state index contributed by atoms with van der Waals surface area (Å²) in [6.45, 7) is 10.1. The van der Waals surface area contributed by atoms with Crippen LogP contribution in [0.1, 0.15) is 31.7 Å². The lowest BCUT2D eigenvalue weighted by Gasteiger charge is -2.10. The molecule has 0 radical (unpaired) electrons. The van der Waals surface area contributed by atoms with E-state index in [1.807, 2.05) is 0 Å². The van der Waals surface area contributed by atoms with Crippen molar-refractivity contribution in [3.8, 4) is 0 Å². The fourth-order valence-electron chi connectivity index (χ4n) is 1.44. The quantitative estimate of drug-likeness (QED) is 0.648. The topological polar surface area (TPSA) is 4.93 Å². The molecular formula is C11H19N. The molecule has 1 aromatic heterocycles. The van der Waals surface area contributed by atoms with Gasteiger partial charge in [-0.25, -0.2) is 0 Å². The SMILES string of the molecule is Cc1ccc(C)n1CCC(C)C. The van der Waals surface area contributed by atoms with Crippen molar-refractivity contribution >= 4 is 0 Å². The summed E-state index contributed by atoms with van der Waals surface area (Å²) in [6, 6.07) is 4.38. The van der Waals surface area contributed by atoms with Crippen molar-refractivity contribution in [3.05, 3.63) is 23.5 Å². The van der Waals surface area contributed by atoms with Crippen molar-refractivity contribution in [2.24, 2.45) is 5.92 Å². The Hall–Kier alpha value is -0.720. The van der Waals surface area contributed by atoms with Gasteiger partial charge < -0.3 is 4.57 Å². The van der Waals surface area contributed by atoms with Crippen LogP contribution in [0.3, 0.4) is 0 Å². The molecule has 0 aliphatic rings. The first-order valence-electron chi connectivity index (χ1n) is 4.74. The average Bonchev–Trinajstić information content (AvgIpc) is 2.28. The van der Waals surface area contributed by atoms with E-state index >= 15 is 0 Å². The molecule has 0 amide bonds. The Morgan fingerprint density at radius 1 is 1.17 bits per heavy atom. The van der Waals surface area contributed by atoms with Crippen molar-refractivity contribution in [3.63, 3.8) is 0 Å². The summed E-state index contributed by atoms with van der Waals surface area (Å²) in [7, 11) is 0. The van der Waals surface area contributed by atoms with Gasteiger partial charge in [0.05, 0.1) is 0 Å². The first-order chi connectivity index (χ1) is 5.61. The van der Waals surface area contributed by atoms with Crippen molar-refractivity contribution in [2.75, 3.05) is 0 Å². The molecule has 1 nitrogen and oxygen atoms in total. The van der Waals surface area contributed by atoms with Crippen LogP contribution >= 0.6 is 0 Å². The molecule has 1 heterocycles. The number of hydrogen-bond acceptors (Lipinski definition) is 0. The van der Waals surface area contributed by atoms with Crippen molar-refractivity contribution in [2.45, 2.75) is 40.7 Å². The molecule has 68 valence electrons.